The van der Waals surface area contributed by atoms with Crippen LogP contribution in [0.5, 0.6) is 5.88 Å². The number of H-pyrrole nitrogens is 1. The molecule has 1 fully saturated rings. The summed E-state index contributed by atoms with van der Waals surface area (Å²) in [6.07, 6.45) is 5.74. The molecule has 0 amide bonds. The molecule has 1 aromatic rings. The normalized spacial score (nSPS) is 24.6. The fourth-order valence-corrected chi connectivity index (χ4v) is 2.45. The van der Waals surface area contributed by atoms with Gasteiger partial charge in [0.1, 0.15) is 9.67 Å². The molecule has 0 aromatic carbocycles. The second kappa shape index (κ2) is 5.81. The Morgan fingerprint density at radius 1 is 1.47 bits per heavy atom. The van der Waals surface area contributed by atoms with Crippen molar-refractivity contribution < 1.29 is 9.47 Å². The number of nitrogens with zero attached hydrogens (tertiary/aromatic N) is 1. The zero-order chi connectivity index (χ0) is 12.3. The minimum Gasteiger partial charge on any atom is -0.473 e. The fraction of sp³-hybridized carbons (Fsp3) is 0.636. The monoisotopic (exact) mass is 350 g/mol. The SMILES string of the molecule is COC1CCCC(Oc2nc[nH]c(=O)c2I)C1. The molecular weight excluding hydrogens is 335 g/mol. The minimum absolute atomic E-state index is 0.0940. The van der Waals surface area contributed by atoms with Crippen LogP contribution in [0.2, 0.25) is 0 Å². The Balaban J connectivity index is 2.05. The van der Waals surface area contributed by atoms with Crippen LogP contribution in [0.1, 0.15) is 25.7 Å². The van der Waals surface area contributed by atoms with E-state index in [1.807, 2.05) is 22.6 Å². The molecule has 6 heteroatoms. The van der Waals surface area contributed by atoms with Crippen LogP contribution in [0.15, 0.2) is 11.1 Å². The van der Waals surface area contributed by atoms with E-state index >= 15 is 0 Å². The van der Waals surface area contributed by atoms with Gasteiger partial charge in [-0.2, -0.15) is 0 Å². The minimum atomic E-state index is -0.158. The summed E-state index contributed by atoms with van der Waals surface area (Å²) >= 11 is 1.95. The lowest BCUT2D eigenvalue weighted by Crippen LogP contribution is -2.30. The number of hydrogen-bond donors (Lipinski definition) is 1. The van der Waals surface area contributed by atoms with Crippen LogP contribution in [0.3, 0.4) is 0 Å². The molecule has 1 aliphatic rings. The maximum Gasteiger partial charge on any atom is 0.268 e. The van der Waals surface area contributed by atoms with E-state index in [9.17, 15) is 4.79 Å². The average molecular weight is 350 g/mol. The van der Waals surface area contributed by atoms with Crippen LogP contribution in [-0.4, -0.2) is 29.3 Å². The summed E-state index contributed by atoms with van der Waals surface area (Å²) in [6.45, 7) is 0. The second-order valence-corrected chi connectivity index (χ2v) is 5.19. The average Bonchev–Trinajstić information content (AvgIpc) is 2.35. The van der Waals surface area contributed by atoms with Gasteiger partial charge in [0.25, 0.3) is 5.56 Å². The summed E-state index contributed by atoms with van der Waals surface area (Å²) in [5, 5.41) is 0. The molecule has 0 spiro atoms. The maximum absolute atomic E-state index is 11.4. The lowest BCUT2D eigenvalue weighted by molar-refractivity contribution is 0.0191. The van der Waals surface area contributed by atoms with Crippen LogP contribution in [0.25, 0.3) is 0 Å². The van der Waals surface area contributed by atoms with Gasteiger partial charge in [-0.3, -0.25) is 4.79 Å². The molecule has 5 nitrogen and oxygen atoms in total. The van der Waals surface area contributed by atoms with Crippen LogP contribution < -0.4 is 10.3 Å². The Bertz CT molecular complexity index is 435. The number of aromatic amines is 1. The Kier molecular flexibility index (Phi) is 4.38. The van der Waals surface area contributed by atoms with Gasteiger partial charge in [0, 0.05) is 13.5 Å². The van der Waals surface area contributed by atoms with Crippen molar-refractivity contribution in [2.75, 3.05) is 7.11 Å². The molecule has 1 aliphatic carbocycles. The van der Waals surface area contributed by atoms with E-state index in [0.29, 0.717) is 9.45 Å². The number of methoxy groups -OCH3 is 1. The lowest BCUT2D eigenvalue weighted by Gasteiger charge is -2.28. The van der Waals surface area contributed by atoms with Crippen LogP contribution in [0.4, 0.5) is 0 Å². The molecule has 2 atom stereocenters. The molecule has 1 heterocycles. The molecule has 0 bridgehead atoms. The summed E-state index contributed by atoms with van der Waals surface area (Å²) in [7, 11) is 1.72. The predicted molar refractivity (Wildman–Crippen MR) is 71.3 cm³/mol. The summed E-state index contributed by atoms with van der Waals surface area (Å²) in [4.78, 5) is 18.0. The smallest absolute Gasteiger partial charge is 0.268 e. The number of halogens is 1. The largest absolute Gasteiger partial charge is 0.473 e. The topological polar surface area (TPSA) is 64.2 Å². The van der Waals surface area contributed by atoms with Gasteiger partial charge >= 0.3 is 0 Å². The molecule has 1 N–H and O–H groups in total. The third-order valence-electron chi connectivity index (χ3n) is 2.95. The predicted octanol–water partition coefficient (Wildman–Crippen LogP) is 1.71. The summed E-state index contributed by atoms with van der Waals surface area (Å²) in [5.74, 6) is 0.427. The van der Waals surface area contributed by atoms with E-state index in [4.69, 9.17) is 9.47 Å². The first-order valence-electron chi connectivity index (χ1n) is 5.63. The molecule has 94 valence electrons. The zero-order valence-corrected chi connectivity index (χ0v) is 11.8. The first kappa shape index (κ1) is 12.8. The summed E-state index contributed by atoms with van der Waals surface area (Å²) in [6, 6.07) is 0. The highest BCUT2D eigenvalue weighted by Gasteiger charge is 2.24. The maximum atomic E-state index is 11.4. The molecular formula is C11H15IN2O3. The Morgan fingerprint density at radius 2 is 2.24 bits per heavy atom. The number of ether oxygens (including phenoxy) is 2. The quantitative estimate of drug-likeness (QED) is 0.843. The van der Waals surface area contributed by atoms with Gasteiger partial charge in [-0.05, 0) is 41.9 Å². The van der Waals surface area contributed by atoms with E-state index in [0.717, 1.165) is 25.7 Å². The number of hydrogen-bond acceptors (Lipinski definition) is 4. The van der Waals surface area contributed by atoms with E-state index in [2.05, 4.69) is 9.97 Å². The van der Waals surface area contributed by atoms with Crippen LogP contribution in [0, 0.1) is 3.57 Å². The zero-order valence-electron chi connectivity index (χ0n) is 9.61. The van der Waals surface area contributed by atoms with Crippen molar-refractivity contribution in [1.29, 1.82) is 0 Å². The number of rotatable bonds is 3. The van der Waals surface area contributed by atoms with Gasteiger partial charge in [-0.1, -0.05) is 0 Å². The van der Waals surface area contributed by atoms with Crippen molar-refractivity contribution in [3.05, 3.63) is 20.3 Å². The van der Waals surface area contributed by atoms with Crippen molar-refractivity contribution in [3.63, 3.8) is 0 Å². The van der Waals surface area contributed by atoms with Crippen molar-refractivity contribution >= 4 is 22.6 Å². The Labute approximate surface area is 113 Å². The molecule has 1 saturated carbocycles. The van der Waals surface area contributed by atoms with Crippen molar-refractivity contribution in [3.8, 4) is 5.88 Å². The summed E-state index contributed by atoms with van der Waals surface area (Å²) in [5.41, 5.74) is -0.158. The van der Waals surface area contributed by atoms with Crippen LogP contribution in [-0.2, 0) is 4.74 Å². The highest BCUT2D eigenvalue weighted by Crippen LogP contribution is 2.25. The molecule has 0 saturated heterocycles. The van der Waals surface area contributed by atoms with Crippen LogP contribution >= 0.6 is 22.6 Å². The second-order valence-electron chi connectivity index (χ2n) is 4.11. The van der Waals surface area contributed by atoms with Crippen molar-refractivity contribution in [2.45, 2.75) is 37.9 Å². The molecule has 0 radical (unpaired) electrons. The van der Waals surface area contributed by atoms with Gasteiger partial charge in [0.15, 0.2) is 0 Å². The molecule has 1 aromatic heterocycles. The first-order valence-corrected chi connectivity index (χ1v) is 6.71. The van der Waals surface area contributed by atoms with Gasteiger partial charge in [-0.25, -0.2) is 4.98 Å². The van der Waals surface area contributed by atoms with E-state index in [-0.39, 0.29) is 17.8 Å². The highest BCUT2D eigenvalue weighted by atomic mass is 127. The molecule has 2 unspecified atom stereocenters. The molecule has 2 rings (SSSR count). The van der Waals surface area contributed by atoms with Gasteiger partial charge in [-0.15, -0.1) is 0 Å². The standard InChI is InChI=1S/C11H15IN2O3/c1-16-7-3-2-4-8(5-7)17-11-9(12)10(15)13-6-14-11/h6-8H,2-5H2,1H3,(H,13,14,15). The van der Waals surface area contributed by atoms with Crippen molar-refractivity contribution in [1.82, 2.24) is 9.97 Å². The summed E-state index contributed by atoms with van der Waals surface area (Å²) < 4.78 is 11.6. The third-order valence-corrected chi connectivity index (χ3v) is 3.91. The van der Waals surface area contributed by atoms with E-state index in [1.165, 1.54) is 6.33 Å². The lowest BCUT2D eigenvalue weighted by atomic mass is 9.95. The van der Waals surface area contributed by atoms with Gasteiger partial charge in [0.2, 0.25) is 5.88 Å². The van der Waals surface area contributed by atoms with E-state index in [1.54, 1.807) is 7.11 Å². The first-order chi connectivity index (χ1) is 8.20. The highest BCUT2D eigenvalue weighted by molar-refractivity contribution is 14.1. The number of nitrogens with one attached hydrogen (secondary N) is 1. The molecule has 0 aliphatic heterocycles. The number of aromatic nitrogens is 2. The Hall–Kier alpha value is -0.630. The van der Waals surface area contributed by atoms with Gasteiger partial charge < -0.3 is 14.5 Å². The van der Waals surface area contributed by atoms with E-state index < -0.39 is 0 Å². The third kappa shape index (κ3) is 3.19. The van der Waals surface area contributed by atoms with Gasteiger partial charge in [0.05, 0.1) is 12.4 Å². The van der Waals surface area contributed by atoms with Crippen molar-refractivity contribution in [2.24, 2.45) is 0 Å². The fourth-order valence-electron chi connectivity index (χ4n) is 2.03. The molecule has 17 heavy (non-hydrogen) atoms. The Morgan fingerprint density at radius 3 is 3.00 bits per heavy atom.